The lowest BCUT2D eigenvalue weighted by Crippen LogP contribution is -2.50. The fourth-order valence-electron chi connectivity index (χ4n) is 2.98. The van der Waals surface area contributed by atoms with Crippen LogP contribution >= 0.6 is 0 Å². The highest BCUT2D eigenvalue weighted by Gasteiger charge is 2.45. The van der Waals surface area contributed by atoms with Gasteiger partial charge in [0.1, 0.15) is 12.6 Å². The molecular formula is C16H20N2O6. The second-order valence-electron chi connectivity index (χ2n) is 5.65. The smallest absolute Gasteiger partial charge is 0.408 e. The van der Waals surface area contributed by atoms with Crippen molar-refractivity contribution >= 4 is 12.1 Å². The van der Waals surface area contributed by atoms with Gasteiger partial charge in [0.05, 0.1) is 13.0 Å². The van der Waals surface area contributed by atoms with Crippen molar-refractivity contribution in [3.8, 4) is 0 Å². The number of rotatable bonds is 6. The van der Waals surface area contributed by atoms with Crippen molar-refractivity contribution in [3.05, 3.63) is 46.0 Å². The zero-order chi connectivity index (χ0) is 17.5. The molecule has 1 amide bonds. The van der Waals surface area contributed by atoms with E-state index in [-0.39, 0.29) is 6.61 Å². The normalized spacial score (nSPS) is 20.9. The monoisotopic (exact) mass is 336 g/mol. The molecule has 1 saturated carbocycles. The minimum absolute atomic E-state index is 0.0455. The van der Waals surface area contributed by atoms with E-state index in [4.69, 9.17) is 4.74 Å². The Balaban J connectivity index is 1.99. The van der Waals surface area contributed by atoms with Crippen molar-refractivity contribution in [2.24, 2.45) is 5.92 Å². The Labute approximate surface area is 139 Å². The lowest BCUT2D eigenvalue weighted by molar-refractivity contribution is -0.529. The second kappa shape index (κ2) is 8.28. The molecule has 8 nitrogen and oxygen atoms in total. The lowest BCUT2D eigenvalue weighted by atomic mass is 9.94. The first-order valence-corrected chi connectivity index (χ1v) is 7.71. The molecule has 0 aliphatic heterocycles. The highest BCUT2D eigenvalue weighted by Crippen LogP contribution is 2.31. The molecule has 3 atom stereocenters. The van der Waals surface area contributed by atoms with Crippen molar-refractivity contribution in [1.29, 1.82) is 0 Å². The van der Waals surface area contributed by atoms with Gasteiger partial charge in [-0.15, -0.1) is 0 Å². The number of nitrogens with one attached hydrogen (secondary N) is 1. The zero-order valence-corrected chi connectivity index (χ0v) is 13.3. The average Bonchev–Trinajstić information content (AvgIpc) is 3.07. The van der Waals surface area contributed by atoms with Crippen molar-refractivity contribution in [2.45, 2.75) is 38.0 Å². The molecule has 8 heteroatoms. The Morgan fingerprint density at radius 1 is 1.33 bits per heavy atom. The molecule has 1 N–H and O–H groups in total. The number of hydrogen-bond donors (Lipinski definition) is 1. The summed E-state index contributed by atoms with van der Waals surface area (Å²) in [7, 11) is 1.18. The topological polar surface area (TPSA) is 108 Å². The number of alkyl carbamates (subject to hydrolysis) is 1. The van der Waals surface area contributed by atoms with E-state index in [0.29, 0.717) is 19.3 Å². The molecule has 0 saturated heterocycles. The summed E-state index contributed by atoms with van der Waals surface area (Å²) in [6.07, 6.45) is 0.684. The van der Waals surface area contributed by atoms with Crippen molar-refractivity contribution in [3.63, 3.8) is 0 Å². The molecule has 24 heavy (non-hydrogen) atoms. The standard InChI is InChI=1S/C16H20N2O6/c1-23-15(19)14(12-8-5-9-13(12)18(21)22)17-16(20)24-10-11-6-3-2-4-7-11/h2-4,6-7,12-14H,5,8-10H2,1H3,(H,17,20)/t12-,13-,14+/m1/s1. The summed E-state index contributed by atoms with van der Waals surface area (Å²) in [5.74, 6) is -1.30. The van der Waals surface area contributed by atoms with E-state index in [0.717, 1.165) is 5.56 Å². The first-order chi connectivity index (χ1) is 11.5. The molecule has 0 heterocycles. The Morgan fingerprint density at radius 3 is 2.67 bits per heavy atom. The van der Waals surface area contributed by atoms with E-state index in [1.54, 1.807) is 12.1 Å². The van der Waals surface area contributed by atoms with Crippen LogP contribution in [0.3, 0.4) is 0 Å². The lowest BCUT2D eigenvalue weighted by Gasteiger charge is -2.23. The molecule has 0 unspecified atom stereocenters. The van der Waals surface area contributed by atoms with E-state index >= 15 is 0 Å². The fourth-order valence-corrected chi connectivity index (χ4v) is 2.98. The van der Waals surface area contributed by atoms with Gasteiger partial charge in [0, 0.05) is 11.3 Å². The molecule has 1 aromatic rings. The number of methoxy groups -OCH3 is 1. The summed E-state index contributed by atoms with van der Waals surface area (Å²) in [4.78, 5) is 34.7. The summed E-state index contributed by atoms with van der Waals surface area (Å²) < 4.78 is 9.77. The predicted octanol–water partition coefficient (Wildman–Crippen LogP) is 1.90. The van der Waals surface area contributed by atoms with E-state index in [1.165, 1.54) is 7.11 Å². The first-order valence-electron chi connectivity index (χ1n) is 7.71. The van der Waals surface area contributed by atoms with Gasteiger partial charge >= 0.3 is 12.1 Å². The summed E-state index contributed by atoms with van der Waals surface area (Å²) in [6, 6.07) is 7.10. The minimum Gasteiger partial charge on any atom is -0.467 e. The number of carbonyl (C=O) groups is 2. The van der Waals surface area contributed by atoms with Crippen molar-refractivity contribution < 1.29 is 24.0 Å². The molecule has 2 rings (SSSR count). The van der Waals surface area contributed by atoms with E-state index < -0.39 is 35.0 Å². The summed E-state index contributed by atoms with van der Waals surface area (Å²) >= 11 is 0. The number of amides is 1. The van der Waals surface area contributed by atoms with Crippen LogP contribution in [0.15, 0.2) is 30.3 Å². The molecule has 1 aromatic carbocycles. The molecule has 1 fully saturated rings. The molecule has 1 aliphatic rings. The quantitative estimate of drug-likeness (QED) is 0.483. The molecule has 1 aliphatic carbocycles. The van der Waals surface area contributed by atoms with Crippen LogP contribution in [-0.2, 0) is 20.9 Å². The van der Waals surface area contributed by atoms with Gasteiger partial charge in [0.15, 0.2) is 0 Å². The number of hydrogen-bond acceptors (Lipinski definition) is 6. The van der Waals surface area contributed by atoms with Gasteiger partial charge in [-0.1, -0.05) is 30.3 Å². The molecule has 0 radical (unpaired) electrons. The maximum atomic E-state index is 12.0. The first kappa shape index (κ1) is 17.7. The second-order valence-corrected chi connectivity index (χ2v) is 5.65. The van der Waals surface area contributed by atoms with Gasteiger partial charge < -0.3 is 14.8 Å². The summed E-state index contributed by atoms with van der Waals surface area (Å²) in [5.41, 5.74) is 0.798. The van der Waals surface area contributed by atoms with Gasteiger partial charge in [-0.3, -0.25) is 10.1 Å². The van der Waals surface area contributed by atoms with Crippen LogP contribution in [0.5, 0.6) is 0 Å². The summed E-state index contributed by atoms with van der Waals surface area (Å²) in [6.45, 7) is 0.0455. The Hall–Kier alpha value is -2.64. The Morgan fingerprint density at radius 2 is 2.04 bits per heavy atom. The highest BCUT2D eigenvalue weighted by atomic mass is 16.6. The van der Waals surface area contributed by atoms with Gasteiger partial charge in [-0.2, -0.15) is 0 Å². The highest BCUT2D eigenvalue weighted by molar-refractivity contribution is 5.81. The molecule has 130 valence electrons. The van der Waals surface area contributed by atoms with Crippen LogP contribution in [0, 0.1) is 16.0 Å². The molecule has 0 spiro atoms. The number of nitrogens with zero attached hydrogens (tertiary/aromatic N) is 1. The Bertz CT molecular complexity index is 591. The van der Waals surface area contributed by atoms with E-state index in [9.17, 15) is 19.7 Å². The SMILES string of the molecule is COC(=O)[C@@H](NC(=O)OCc1ccccc1)[C@@H]1CCC[C@H]1[N+](=O)[O-]. The third kappa shape index (κ3) is 4.43. The maximum Gasteiger partial charge on any atom is 0.408 e. The van der Waals surface area contributed by atoms with Crippen LogP contribution in [-0.4, -0.2) is 36.2 Å². The molecule has 0 bridgehead atoms. The Kier molecular flexibility index (Phi) is 6.11. The van der Waals surface area contributed by atoms with Crippen LogP contribution in [0.4, 0.5) is 4.79 Å². The van der Waals surface area contributed by atoms with Crippen LogP contribution < -0.4 is 5.32 Å². The zero-order valence-electron chi connectivity index (χ0n) is 13.3. The third-order valence-corrected chi connectivity index (χ3v) is 4.17. The minimum atomic E-state index is -1.09. The van der Waals surface area contributed by atoms with Crippen molar-refractivity contribution in [2.75, 3.05) is 7.11 Å². The van der Waals surface area contributed by atoms with Gasteiger partial charge in [0.25, 0.3) is 0 Å². The van der Waals surface area contributed by atoms with Crippen LogP contribution in [0.25, 0.3) is 0 Å². The summed E-state index contributed by atoms with van der Waals surface area (Å²) in [5, 5.41) is 13.6. The number of benzene rings is 1. The largest absolute Gasteiger partial charge is 0.467 e. The predicted molar refractivity (Wildman–Crippen MR) is 83.7 cm³/mol. The average molecular weight is 336 g/mol. The van der Waals surface area contributed by atoms with Crippen LogP contribution in [0.1, 0.15) is 24.8 Å². The van der Waals surface area contributed by atoms with E-state index in [1.807, 2.05) is 18.2 Å². The van der Waals surface area contributed by atoms with Gasteiger partial charge in [0.2, 0.25) is 6.04 Å². The fraction of sp³-hybridized carbons (Fsp3) is 0.500. The number of ether oxygens (including phenoxy) is 2. The number of nitro groups is 1. The van der Waals surface area contributed by atoms with Crippen LogP contribution in [0.2, 0.25) is 0 Å². The number of carbonyl (C=O) groups excluding carboxylic acids is 2. The van der Waals surface area contributed by atoms with Gasteiger partial charge in [-0.05, 0) is 18.4 Å². The molecule has 0 aromatic heterocycles. The number of esters is 1. The maximum absolute atomic E-state index is 12.0. The van der Waals surface area contributed by atoms with Crippen molar-refractivity contribution in [1.82, 2.24) is 5.32 Å². The molecular weight excluding hydrogens is 316 g/mol. The van der Waals surface area contributed by atoms with Gasteiger partial charge in [-0.25, -0.2) is 9.59 Å². The van der Waals surface area contributed by atoms with E-state index in [2.05, 4.69) is 10.1 Å². The third-order valence-electron chi connectivity index (χ3n) is 4.17.